The Labute approximate surface area is 121 Å². The number of nitrogens with one attached hydrogen (secondary N) is 1. The number of para-hydroxylation sites is 1. The van der Waals surface area contributed by atoms with E-state index >= 15 is 0 Å². The zero-order valence-electron chi connectivity index (χ0n) is 11.0. The summed E-state index contributed by atoms with van der Waals surface area (Å²) in [5.74, 6) is 1.55. The van der Waals surface area contributed by atoms with Crippen LogP contribution in [0.1, 0.15) is 25.2 Å². The highest BCUT2D eigenvalue weighted by molar-refractivity contribution is 9.10. The molecule has 0 spiro atoms. The third-order valence-electron chi connectivity index (χ3n) is 2.60. The fraction of sp³-hybridized carbons (Fsp3) is 0.357. The van der Waals surface area contributed by atoms with E-state index in [4.69, 9.17) is 9.26 Å². The first kappa shape index (κ1) is 14.1. The second kappa shape index (κ2) is 6.73. The van der Waals surface area contributed by atoms with Gasteiger partial charge in [0.05, 0.1) is 10.7 Å². The van der Waals surface area contributed by atoms with E-state index in [-0.39, 0.29) is 0 Å². The Morgan fingerprint density at radius 3 is 2.89 bits per heavy atom. The summed E-state index contributed by atoms with van der Waals surface area (Å²) < 4.78 is 11.8. The molecule has 0 atom stereocenters. The van der Waals surface area contributed by atoms with Crippen LogP contribution in [0.25, 0.3) is 0 Å². The summed E-state index contributed by atoms with van der Waals surface area (Å²) in [6, 6.07) is 8.25. The SMILES string of the molecule is CC(C)NCc1cccc(Br)c1OCc1ccno1. The third kappa shape index (κ3) is 4.08. The molecular weight excluding hydrogens is 308 g/mol. The third-order valence-corrected chi connectivity index (χ3v) is 3.22. The number of hydrogen-bond donors (Lipinski definition) is 1. The van der Waals surface area contributed by atoms with Crippen LogP contribution in [0, 0.1) is 0 Å². The number of halogens is 1. The molecule has 0 aliphatic carbocycles. The van der Waals surface area contributed by atoms with E-state index < -0.39 is 0 Å². The average molecular weight is 325 g/mol. The van der Waals surface area contributed by atoms with Crippen molar-refractivity contribution in [2.24, 2.45) is 0 Å². The van der Waals surface area contributed by atoms with Crippen LogP contribution in [-0.4, -0.2) is 11.2 Å². The van der Waals surface area contributed by atoms with Crippen LogP contribution in [0.5, 0.6) is 5.75 Å². The predicted molar refractivity (Wildman–Crippen MR) is 77.0 cm³/mol. The largest absolute Gasteiger partial charge is 0.484 e. The Balaban J connectivity index is 2.08. The van der Waals surface area contributed by atoms with Gasteiger partial charge in [0.2, 0.25) is 0 Å². The van der Waals surface area contributed by atoms with E-state index in [1.807, 2.05) is 12.1 Å². The molecule has 5 heteroatoms. The maximum absolute atomic E-state index is 5.82. The van der Waals surface area contributed by atoms with Gasteiger partial charge in [-0.1, -0.05) is 31.1 Å². The molecule has 0 amide bonds. The topological polar surface area (TPSA) is 47.3 Å². The molecule has 0 unspecified atom stereocenters. The number of hydrogen-bond acceptors (Lipinski definition) is 4. The van der Waals surface area contributed by atoms with Crippen molar-refractivity contribution in [1.29, 1.82) is 0 Å². The standard InChI is InChI=1S/C14H17BrN2O2/c1-10(2)16-8-11-4-3-5-13(15)14(11)18-9-12-6-7-17-19-12/h3-7,10,16H,8-9H2,1-2H3. The van der Waals surface area contributed by atoms with Crippen molar-refractivity contribution in [1.82, 2.24) is 10.5 Å². The van der Waals surface area contributed by atoms with Crippen LogP contribution >= 0.6 is 15.9 Å². The van der Waals surface area contributed by atoms with Crippen molar-refractivity contribution in [3.8, 4) is 5.75 Å². The van der Waals surface area contributed by atoms with Crippen molar-refractivity contribution in [3.05, 3.63) is 46.3 Å². The molecule has 102 valence electrons. The summed E-state index contributed by atoms with van der Waals surface area (Å²) in [4.78, 5) is 0. The average Bonchev–Trinajstić information content (AvgIpc) is 2.88. The molecule has 2 aromatic rings. The van der Waals surface area contributed by atoms with E-state index in [9.17, 15) is 0 Å². The number of benzene rings is 1. The molecule has 19 heavy (non-hydrogen) atoms. The molecule has 1 aromatic carbocycles. The minimum atomic E-state index is 0.372. The Morgan fingerprint density at radius 1 is 1.37 bits per heavy atom. The molecule has 0 saturated heterocycles. The van der Waals surface area contributed by atoms with Gasteiger partial charge in [-0.05, 0) is 22.0 Å². The van der Waals surface area contributed by atoms with Gasteiger partial charge in [0.25, 0.3) is 0 Å². The first-order valence-corrected chi connectivity index (χ1v) is 6.99. The Bertz CT molecular complexity index is 512. The summed E-state index contributed by atoms with van der Waals surface area (Å²) in [5, 5.41) is 7.05. The highest BCUT2D eigenvalue weighted by Crippen LogP contribution is 2.29. The Kier molecular flexibility index (Phi) is 4.99. The molecule has 0 radical (unpaired) electrons. The van der Waals surface area contributed by atoms with Crippen molar-refractivity contribution in [3.63, 3.8) is 0 Å². The fourth-order valence-corrected chi connectivity index (χ4v) is 2.15. The Morgan fingerprint density at radius 2 is 2.21 bits per heavy atom. The predicted octanol–water partition coefficient (Wildman–Crippen LogP) is 3.51. The Hall–Kier alpha value is -1.33. The summed E-state index contributed by atoms with van der Waals surface area (Å²) in [6.07, 6.45) is 1.61. The van der Waals surface area contributed by atoms with E-state index in [0.29, 0.717) is 18.4 Å². The van der Waals surface area contributed by atoms with Crippen LogP contribution in [0.4, 0.5) is 0 Å². The van der Waals surface area contributed by atoms with Crippen LogP contribution in [0.2, 0.25) is 0 Å². The lowest BCUT2D eigenvalue weighted by Crippen LogP contribution is -2.22. The van der Waals surface area contributed by atoms with Gasteiger partial charge >= 0.3 is 0 Å². The van der Waals surface area contributed by atoms with Crippen LogP contribution in [-0.2, 0) is 13.2 Å². The maximum Gasteiger partial charge on any atom is 0.174 e. The molecule has 2 rings (SSSR count). The first-order valence-electron chi connectivity index (χ1n) is 6.20. The van der Waals surface area contributed by atoms with Gasteiger partial charge in [-0.25, -0.2) is 0 Å². The maximum atomic E-state index is 5.82. The van der Waals surface area contributed by atoms with Gasteiger partial charge < -0.3 is 14.6 Å². The molecule has 4 nitrogen and oxygen atoms in total. The molecular formula is C14H17BrN2O2. The van der Waals surface area contributed by atoms with E-state index in [2.05, 4.69) is 46.3 Å². The van der Waals surface area contributed by atoms with Gasteiger partial charge in [0.15, 0.2) is 5.76 Å². The highest BCUT2D eigenvalue weighted by atomic mass is 79.9. The van der Waals surface area contributed by atoms with Crippen LogP contribution in [0.15, 0.2) is 39.5 Å². The summed E-state index contributed by atoms with van der Waals surface area (Å²) >= 11 is 3.52. The van der Waals surface area contributed by atoms with E-state index in [1.165, 1.54) is 0 Å². The number of nitrogens with zero attached hydrogens (tertiary/aromatic N) is 1. The summed E-state index contributed by atoms with van der Waals surface area (Å²) in [7, 11) is 0. The van der Waals surface area contributed by atoms with Gasteiger partial charge in [-0.3, -0.25) is 0 Å². The second-order valence-corrected chi connectivity index (χ2v) is 5.39. The molecule has 0 aliphatic heterocycles. The van der Waals surface area contributed by atoms with Crippen molar-refractivity contribution in [2.75, 3.05) is 0 Å². The van der Waals surface area contributed by atoms with Gasteiger partial charge in [0, 0.05) is 24.2 Å². The smallest absolute Gasteiger partial charge is 0.174 e. The minimum Gasteiger partial charge on any atom is -0.484 e. The van der Waals surface area contributed by atoms with Crippen LogP contribution < -0.4 is 10.1 Å². The summed E-state index contributed by atoms with van der Waals surface area (Å²) in [5.41, 5.74) is 1.11. The van der Waals surface area contributed by atoms with Crippen molar-refractivity contribution in [2.45, 2.75) is 33.0 Å². The van der Waals surface area contributed by atoms with Gasteiger partial charge in [0.1, 0.15) is 12.4 Å². The van der Waals surface area contributed by atoms with Crippen LogP contribution in [0.3, 0.4) is 0 Å². The first-order chi connectivity index (χ1) is 9.16. The molecule has 1 aromatic heterocycles. The minimum absolute atomic E-state index is 0.372. The molecule has 0 aliphatic rings. The normalized spacial score (nSPS) is 10.9. The zero-order chi connectivity index (χ0) is 13.7. The van der Waals surface area contributed by atoms with Gasteiger partial charge in [-0.15, -0.1) is 0 Å². The zero-order valence-corrected chi connectivity index (χ0v) is 12.6. The molecule has 0 saturated carbocycles. The van der Waals surface area contributed by atoms with Crippen molar-refractivity contribution >= 4 is 15.9 Å². The molecule has 1 N–H and O–H groups in total. The summed E-state index contributed by atoms with van der Waals surface area (Å²) in [6.45, 7) is 5.38. The van der Waals surface area contributed by atoms with Gasteiger partial charge in [-0.2, -0.15) is 0 Å². The monoisotopic (exact) mass is 324 g/mol. The fourth-order valence-electron chi connectivity index (χ4n) is 1.63. The molecule has 0 bridgehead atoms. The highest BCUT2D eigenvalue weighted by Gasteiger charge is 2.09. The van der Waals surface area contributed by atoms with Crippen molar-refractivity contribution < 1.29 is 9.26 Å². The lowest BCUT2D eigenvalue weighted by atomic mass is 10.2. The number of ether oxygens (including phenoxy) is 1. The molecule has 0 fully saturated rings. The number of aromatic nitrogens is 1. The second-order valence-electron chi connectivity index (χ2n) is 4.53. The molecule has 1 heterocycles. The lowest BCUT2D eigenvalue weighted by Gasteiger charge is -2.14. The van der Waals surface area contributed by atoms with E-state index in [0.717, 1.165) is 22.3 Å². The lowest BCUT2D eigenvalue weighted by molar-refractivity contribution is 0.245. The quantitative estimate of drug-likeness (QED) is 0.883. The van der Waals surface area contributed by atoms with E-state index in [1.54, 1.807) is 12.3 Å². The number of rotatable bonds is 6.